The molecule has 2 saturated heterocycles. The van der Waals surface area contributed by atoms with Gasteiger partial charge in [0.05, 0.1) is 35.5 Å². The number of nitrogens with zero attached hydrogens (tertiary/aromatic N) is 1. The first-order valence-corrected chi connectivity index (χ1v) is 11.2. The van der Waals surface area contributed by atoms with Crippen molar-refractivity contribution >= 4 is 22.8 Å². The number of fused-ring (bicyclic) bond motifs is 2. The van der Waals surface area contributed by atoms with E-state index in [1.54, 1.807) is 0 Å². The normalized spacial score (nSPS) is 32.2. The van der Waals surface area contributed by atoms with E-state index >= 15 is 0 Å². The van der Waals surface area contributed by atoms with E-state index in [9.17, 15) is 14.4 Å². The zero-order chi connectivity index (χ0) is 21.2. The summed E-state index contributed by atoms with van der Waals surface area (Å²) in [6.45, 7) is 0.893. The molecule has 2 amide bonds. The molecular weight excluding hydrogens is 396 g/mol. The second-order valence-electron chi connectivity index (χ2n) is 9.33. The molecule has 3 N–H and O–H groups in total. The minimum atomic E-state index is -0.648. The summed E-state index contributed by atoms with van der Waals surface area (Å²) in [5.74, 6) is -1.01. The van der Waals surface area contributed by atoms with Gasteiger partial charge in [0.1, 0.15) is 5.60 Å². The Hall–Kier alpha value is -2.87. The Morgan fingerprint density at radius 1 is 1.16 bits per heavy atom. The van der Waals surface area contributed by atoms with Crippen molar-refractivity contribution in [1.82, 2.24) is 20.2 Å². The second-order valence-corrected chi connectivity index (χ2v) is 9.33. The largest absolute Gasteiger partial charge is 0.360 e. The monoisotopic (exact) mass is 422 g/mol. The highest BCUT2D eigenvalue weighted by Crippen LogP contribution is 2.52. The van der Waals surface area contributed by atoms with Crippen molar-refractivity contribution in [2.75, 3.05) is 6.54 Å². The van der Waals surface area contributed by atoms with Gasteiger partial charge in [-0.05, 0) is 30.5 Å². The predicted octanol–water partition coefficient (Wildman–Crippen LogP) is 1.59. The first-order valence-electron chi connectivity index (χ1n) is 11.2. The number of nitrogens with one attached hydrogen (secondary N) is 3. The Morgan fingerprint density at radius 2 is 1.97 bits per heavy atom. The highest BCUT2D eigenvalue weighted by atomic mass is 16.5. The van der Waals surface area contributed by atoms with Crippen molar-refractivity contribution < 1.29 is 14.3 Å². The zero-order valence-corrected chi connectivity index (χ0v) is 17.2. The molecule has 1 aromatic heterocycles. The Balaban J connectivity index is 1.19. The molecule has 1 aliphatic carbocycles. The van der Waals surface area contributed by atoms with Gasteiger partial charge in [-0.15, -0.1) is 0 Å². The van der Waals surface area contributed by atoms with E-state index in [0.29, 0.717) is 18.6 Å². The van der Waals surface area contributed by atoms with Crippen LogP contribution in [-0.4, -0.2) is 51.0 Å². The Morgan fingerprint density at radius 3 is 2.81 bits per heavy atom. The number of amides is 2. The average molecular weight is 422 g/mol. The van der Waals surface area contributed by atoms with Gasteiger partial charge >= 0.3 is 5.69 Å². The van der Waals surface area contributed by atoms with Gasteiger partial charge in [0.25, 0.3) is 0 Å². The van der Waals surface area contributed by atoms with Crippen molar-refractivity contribution in [3.8, 4) is 0 Å². The number of imidazole rings is 1. The van der Waals surface area contributed by atoms with Crippen LogP contribution in [-0.2, 0) is 20.9 Å². The Bertz CT molecular complexity index is 1140. The maximum absolute atomic E-state index is 13.4. The van der Waals surface area contributed by atoms with Gasteiger partial charge in [0, 0.05) is 12.6 Å². The number of carbonyl (C=O) groups is 2. The first-order chi connectivity index (χ1) is 15.0. The lowest BCUT2D eigenvalue weighted by Crippen LogP contribution is -2.45. The van der Waals surface area contributed by atoms with Crippen LogP contribution >= 0.6 is 0 Å². The summed E-state index contributed by atoms with van der Waals surface area (Å²) in [5.41, 5.74) is 1.41. The van der Waals surface area contributed by atoms with Crippen molar-refractivity contribution in [3.63, 3.8) is 0 Å². The lowest BCUT2D eigenvalue weighted by atomic mass is 9.77. The smallest absolute Gasteiger partial charge is 0.323 e. The fourth-order valence-corrected chi connectivity index (χ4v) is 6.03. The SMILES string of the molecule is O=C(NCc1ccc2[nH]c(=O)[nH]c2c1)[C@@H]1[C@H]2C=C[C@@]3(CN(C4CCCCC4)C(=O)[C@@H]13)O2. The minimum Gasteiger partial charge on any atom is -0.360 e. The standard InChI is InChI=1S/C23H26N4O4/c28-20(24-11-13-6-7-15-16(10-13)26-22(30)25-15)18-17-8-9-23(31-17)12-27(21(29)19(18)23)14-4-2-1-3-5-14/h6-10,14,17-19H,1-5,11-12H2,(H,24,28)(H2,25,26,30)/t17-,18-,19-,23+/m1/s1. The molecule has 1 aromatic carbocycles. The number of aromatic amines is 2. The van der Waals surface area contributed by atoms with Crippen molar-refractivity contribution in [3.05, 3.63) is 46.4 Å². The van der Waals surface area contributed by atoms with E-state index < -0.39 is 17.4 Å². The molecule has 2 aromatic rings. The number of likely N-dealkylation sites (tertiary alicyclic amines) is 1. The molecule has 162 valence electrons. The van der Waals surface area contributed by atoms with Gasteiger partial charge < -0.3 is 24.9 Å². The zero-order valence-electron chi connectivity index (χ0n) is 17.2. The topological polar surface area (TPSA) is 107 Å². The molecule has 6 rings (SSSR count). The quantitative estimate of drug-likeness (QED) is 0.651. The van der Waals surface area contributed by atoms with Crippen LogP contribution in [0.15, 0.2) is 35.1 Å². The summed E-state index contributed by atoms with van der Waals surface area (Å²) < 4.78 is 6.24. The molecule has 3 fully saturated rings. The van der Waals surface area contributed by atoms with Crippen LogP contribution < -0.4 is 11.0 Å². The summed E-state index contributed by atoms with van der Waals surface area (Å²) in [4.78, 5) is 45.5. The molecule has 0 radical (unpaired) electrons. The highest BCUT2D eigenvalue weighted by molar-refractivity contribution is 5.93. The van der Waals surface area contributed by atoms with Gasteiger partial charge in [-0.2, -0.15) is 0 Å². The summed E-state index contributed by atoms with van der Waals surface area (Å²) in [7, 11) is 0. The predicted molar refractivity (Wildman–Crippen MR) is 113 cm³/mol. The molecule has 8 heteroatoms. The van der Waals surface area contributed by atoms with E-state index in [1.807, 2.05) is 35.3 Å². The molecule has 4 heterocycles. The first kappa shape index (κ1) is 18.9. The summed E-state index contributed by atoms with van der Waals surface area (Å²) in [6, 6.07) is 5.81. The van der Waals surface area contributed by atoms with Crippen molar-refractivity contribution in [2.24, 2.45) is 11.8 Å². The van der Waals surface area contributed by atoms with Crippen LogP contribution in [0.3, 0.4) is 0 Å². The van der Waals surface area contributed by atoms with E-state index in [-0.39, 0.29) is 29.6 Å². The van der Waals surface area contributed by atoms with E-state index in [0.717, 1.165) is 36.8 Å². The molecule has 3 aliphatic heterocycles. The number of aromatic nitrogens is 2. The van der Waals surface area contributed by atoms with Crippen LogP contribution in [0.4, 0.5) is 0 Å². The van der Waals surface area contributed by atoms with E-state index in [2.05, 4.69) is 15.3 Å². The third-order valence-corrected chi connectivity index (χ3v) is 7.49. The van der Waals surface area contributed by atoms with Crippen molar-refractivity contribution in [1.29, 1.82) is 0 Å². The lowest BCUT2D eigenvalue weighted by Gasteiger charge is -2.32. The number of hydrogen-bond donors (Lipinski definition) is 3. The third kappa shape index (κ3) is 2.88. The molecular formula is C23H26N4O4. The van der Waals surface area contributed by atoms with Crippen LogP contribution in [0.2, 0.25) is 0 Å². The summed E-state index contributed by atoms with van der Waals surface area (Å²) in [5, 5.41) is 3.00. The van der Waals surface area contributed by atoms with Crippen LogP contribution in [0.1, 0.15) is 37.7 Å². The number of H-pyrrole nitrogens is 2. The molecule has 4 atom stereocenters. The third-order valence-electron chi connectivity index (χ3n) is 7.49. The van der Waals surface area contributed by atoms with Crippen LogP contribution in [0.5, 0.6) is 0 Å². The number of benzene rings is 1. The molecule has 8 nitrogen and oxygen atoms in total. The fourth-order valence-electron chi connectivity index (χ4n) is 6.03. The molecule has 0 unspecified atom stereocenters. The number of hydrogen-bond acceptors (Lipinski definition) is 4. The Kier molecular flexibility index (Phi) is 4.15. The molecule has 31 heavy (non-hydrogen) atoms. The minimum absolute atomic E-state index is 0.0743. The lowest BCUT2D eigenvalue weighted by molar-refractivity contribution is -0.139. The Labute approximate surface area is 179 Å². The summed E-state index contributed by atoms with van der Waals surface area (Å²) in [6.07, 6.45) is 9.27. The van der Waals surface area contributed by atoms with E-state index in [4.69, 9.17) is 4.74 Å². The van der Waals surface area contributed by atoms with Crippen LogP contribution in [0, 0.1) is 11.8 Å². The number of ether oxygens (including phenoxy) is 1. The van der Waals surface area contributed by atoms with Gasteiger partial charge in [0.2, 0.25) is 11.8 Å². The number of carbonyl (C=O) groups excluding carboxylic acids is 2. The number of rotatable bonds is 4. The molecule has 4 aliphatic rings. The molecule has 2 bridgehead atoms. The molecule has 1 spiro atoms. The van der Waals surface area contributed by atoms with Gasteiger partial charge in [-0.3, -0.25) is 9.59 Å². The van der Waals surface area contributed by atoms with Crippen LogP contribution in [0.25, 0.3) is 11.0 Å². The fraction of sp³-hybridized carbons (Fsp3) is 0.522. The van der Waals surface area contributed by atoms with Gasteiger partial charge in [0.15, 0.2) is 0 Å². The van der Waals surface area contributed by atoms with Gasteiger partial charge in [-0.1, -0.05) is 37.5 Å². The second kappa shape index (κ2) is 6.82. The van der Waals surface area contributed by atoms with Crippen molar-refractivity contribution in [2.45, 2.75) is 56.4 Å². The maximum atomic E-state index is 13.4. The highest BCUT2D eigenvalue weighted by Gasteiger charge is 2.67. The average Bonchev–Trinajstić information content (AvgIpc) is 3.51. The molecule has 1 saturated carbocycles. The van der Waals surface area contributed by atoms with Gasteiger partial charge in [-0.25, -0.2) is 4.79 Å². The summed E-state index contributed by atoms with van der Waals surface area (Å²) >= 11 is 0. The maximum Gasteiger partial charge on any atom is 0.323 e. The van der Waals surface area contributed by atoms with E-state index in [1.165, 1.54) is 6.42 Å².